The first kappa shape index (κ1) is 83.6. The van der Waals surface area contributed by atoms with E-state index >= 15 is 0 Å². The molecule has 12 rings (SSSR count). The average molecular weight is 1740 g/mol. The molecule has 12 heterocycles. The third kappa shape index (κ3) is 20.1. The summed E-state index contributed by atoms with van der Waals surface area (Å²) in [5, 5.41) is 0. The Morgan fingerprint density at radius 3 is 1.37 bits per heavy atom. The van der Waals surface area contributed by atoms with E-state index in [9.17, 15) is 52.8 Å². The highest BCUT2D eigenvalue weighted by Gasteiger charge is 2.49. The Balaban J connectivity index is 0.758. The summed E-state index contributed by atoms with van der Waals surface area (Å²) in [7, 11) is 0. The van der Waals surface area contributed by atoms with Crippen LogP contribution in [-0.2, 0) is 121 Å². The number of nitrogens with zero attached hydrogens (tertiary/aromatic N) is 10. The van der Waals surface area contributed by atoms with Crippen molar-refractivity contribution >= 4 is 144 Å². The molecule has 598 valence electrons. The number of aryl methyl sites for hydroxylation is 2. The van der Waals surface area contributed by atoms with Crippen LogP contribution in [0.5, 0.6) is 0 Å². The lowest BCUT2D eigenvalue weighted by Crippen LogP contribution is -2.33. The zero-order chi connectivity index (χ0) is 78.7. The number of hydrogen-bond acceptors (Lipinski definition) is 35. The van der Waals surface area contributed by atoms with E-state index in [0.29, 0.717) is 6.42 Å². The molecule has 7 aromatic rings. The number of aromatic amines is 4. The van der Waals surface area contributed by atoms with Crippen LogP contribution >= 0.6 is 57.1 Å². The van der Waals surface area contributed by atoms with Crippen LogP contribution in [0.15, 0.2) is 70.9 Å². The quantitative estimate of drug-likeness (QED) is 0.0219. The number of hydrogen-bond donors (Lipinski definition) is 12. The van der Waals surface area contributed by atoms with Crippen LogP contribution in [0.1, 0.15) is 102 Å². The molecule has 0 amide bonds. The lowest BCUT2D eigenvalue weighted by molar-refractivity contribution is -0.0535. The second-order valence-electron chi connectivity index (χ2n) is 26.3. The van der Waals surface area contributed by atoms with Crippen LogP contribution in [0.25, 0.3) is 22.3 Å². The van der Waals surface area contributed by atoms with Crippen LogP contribution < -0.4 is 56.5 Å². The van der Waals surface area contributed by atoms with Gasteiger partial charge in [-0.25, -0.2) is 28.9 Å². The van der Waals surface area contributed by atoms with Crippen LogP contribution in [0.3, 0.4) is 0 Å². The van der Waals surface area contributed by atoms with Crippen molar-refractivity contribution < 1.29 is 88.2 Å². The molecule has 5 aliphatic heterocycles. The standard InChI is InChI=1S/C55H76N17O26P5S6/c1-23(2)27-9-38(68-8-7-37(56)61-53(68)77)89-32(27)16-84-100(81,105)95-28-10-39(69-14-25(5)47(73)66-54(69)78)90-33(28)17-86-102(83,107)97-30-12-41(71-21-59-43-45(71)62-51(57)64-49(43)75)92-34(30)18-87-101(82,106)96-29-11-40(70-15-26(6)48(74)67-55(70)79)91-36(29)20-88-103(108,109)98-31-13-42(93-35(31)19-85-99(80,104)94-24(3)4)72-22-60-44-46(72)63-52(58)65-50(44)76/h7-8,14-15,21-24,27-36,38-42H,9-13,16-20H2,1-6H3,(H,80,104)(H,81,105)(H,82,106)(H,83,107)(H,108,109)(H2,56,61,77)(H,66,73,78)(H,67,74,79)(H3,57,62,64,75)(H3,58,63,65,76)/t27?,28?,29?,30?,31?,32-,33-,34-,35-,36-,38-,39-,40-,41-,42-,99?,100?,101?,102?/m1/s1. The monoisotopic (exact) mass is 1740 g/mol. The molecule has 20 atom stereocenters. The molecule has 0 aliphatic carbocycles. The van der Waals surface area contributed by atoms with Crippen molar-refractivity contribution in [2.75, 3.05) is 50.2 Å². The summed E-state index contributed by atoms with van der Waals surface area (Å²) in [5.41, 5.74) is 8.69. The van der Waals surface area contributed by atoms with Gasteiger partial charge in [0.25, 0.3) is 22.2 Å². The molecule has 54 heteroatoms. The fourth-order valence-corrected chi connectivity index (χ4v) is 20.9. The maximum absolute atomic E-state index is 14.8. The summed E-state index contributed by atoms with van der Waals surface area (Å²) >= 11 is 31.3. The number of nitrogen functional groups attached to an aromatic ring is 3. The summed E-state index contributed by atoms with van der Waals surface area (Å²) in [6, 6.07) is 1.45. The van der Waals surface area contributed by atoms with Crippen LogP contribution in [0.4, 0.5) is 17.7 Å². The lowest BCUT2D eigenvalue weighted by Gasteiger charge is -2.28. The van der Waals surface area contributed by atoms with E-state index < -0.39 is 191 Å². The van der Waals surface area contributed by atoms with Gasteiger partial charge in [0.05, 0.1) is 76.2 Å². The van der Waals surface area contributed by atoms with E-state index in [-0.39, 0.29) is 95.3 Å². The second kappa shape index (κ2) is 33.5. The zero-order valence-electron chi connectivity index (χ0n) is 58.0. The fourth-order valence-electron chi connectivity index (χ4n) is 12.8. The number of anilines is 3. The van der Waals surface area contributed by atoms with Gasteiger partial charge in [0.15, 0.2) is 22.3 Å². The van der Waals surface area contributed by atoms with Gasteiger partial charge in [-0.1, -0.05) is 38.3 Å². The molecule has 0 bridgehead atoms. The smallest absolute Gasteiger partial charge is 0.383 e. The van der Waals surface area contributed by atoms with Crippen molar-refractivity contribution in [3.05, 3.63) is 121 Å². The molecule has 0 spiro atoms. The van der Waals surface area contributed by atoms with Gasteiger partial charge in [-0.2, -0.15) is 15.0 Å². The Morgan fingerprint density at radius 1 is 0.523 bits per heavy atom. The van der Waals surface area contributed by atoms with Gasteiger partial charge < -0.3 is 91.8 Å². The number of imidazole rings is 2. The van der Waals surface area contributed by atoms with E-state index in [1.54, 1.807) is 13.8 Å². The third-order valence-corrected chi connectivity index (χ3v) is 26.7. The minimum atomic E-state index is -4.73. The molecule has 5 aliphatic rings. The largest absolute Gasteiger partial charge is 0.386 e. The van der Waals surface area contributed by atoms with Crippen molar-refractivity contribution in [1.29, 1.82) is 0 Å². The Kier molecular flexibility index (Phi) is 25.7. The van der Waals surface area contributed by atoms with Crippen molar-refractivity contribution in [2.24, 2.45) is 11.8 Å². The minimum absolute atomic E-state index is 0.0148. The van der Waals surface area contributed by atoms with E-state index in [0.717, 1.165) is 9.13 Å². The molecular weight excluding hydrogens is 1660 g/mol. The highest BCUT2D eigenvalue weighted by molar-refractivity contribution is 8.60. The first-order valence-electron chi connectivity index (χ1n) is 33.2. The average Bonchev–Trinajstić information content (AvgIpc) is 1.63. The fraction of sp³-hybridized carbons (Fsp3) is 0.600. The highest BCUT2D eigenvalue weighted by Crippen LogP contribution is 2.60. The molecule has 13 N–H and O–H groups in total. The SMILES string of the molecule is Cc1cn([C@H]2CC(OP(O)(=S)OC[C@H]3O[C@@H](n4ccc(N)nc4=O)CC3C(C)C)[C@@H](COP(=O)(S)OC3C[C@H](n4cnc5c(=O)[nH]c(N)nc54)O[C@@H]3COP(O)(=S)OC3C[C@H](n4cc(C)c(=O)[nH]c4=O)O[C@@H]3COP(=S)(S)OC3C[C@H](n4cnc5c(=O)[nH]c(N)nc54)O[C@@H]3COP(O)(=S)OC(C)C)O2)c(=O)[nH]c1=O. The van der Waals surface area contributed by atoms with E-state index in [1.165, 1.54) is 64.9 Å². The number of ether oxygens (including phenoxy) is 5. The van der Waals surface area contributed by atoms with Gasteiger partial charge in [0.1, 0.15) is 67.5 Å². The van der Waals surface area contributed by atoms with Gasteiger partial charge in [0, 0.05) is 55.4 Å². The zero-order valence-corrected chi connectivity index (χ0v) is 67.6. The number of fused-ring (bicyclic) bond motifs is 2. The summed E-state index contributed by atoms with van der Waals surface area (Å²) in [6.45, 7) is -10.2. The van der Waals surface area contributed by atoms with Gasteiger partial charge in [0.2, 0.25) is 17.6 Å². The lowest BCUT2D eigenvalue weighted by atomic mass is 9.89. The second-order valence-corrected chi connectivity index (χ2v) is 42.8. The Bertz CT molecular complexity index is 5280. The van der Waals surface area contributed by atoms with Crippen LogP contribution in [0, 0.1) is 25.7 Å². The van der Waals surface area contributed by atoms with Crippen molar-refractivity contribution in [2.45, 2.75) is 166 Å². The molecule has 0 saturated carbocycles. The van der Waals surface area contributed by atoms with Crippen molar-refractivity contribution in [3.63, 3.8) is 0 Å². The molecule has 109 heavy (non-hydrogen) atoms. The number of H-pyrrole nitrogens is 4. The van der Waals surface area contributed by atoms with Crippen LogP contribution in [0.2, 0.25) is 0 Å². The minimum Gasteiger partial charge on any atom is -0.383 e. The number of nitrogens with two attached hydrogens (primary N) is 3. The van der Waals surface area contributed by atoms with Crippen molar-refractivity contribution in [3.8, 4) is 0 Å². The number of nitrogens with one attached hydrogen (secondary N) is 4. The molecule has 10 unspecified atom stereocenters. The van der Waals surface area contributed by atoms with E-state index in [2.05, 4.69) is 69.4 Å². The predicted molar refractivity (Wildman–Crippen MR) is 406 cm³/mol. The maximum Gasteiger partial charge on any atom is 0.386 e. The van der Waals surface area contributed by atoms with Gasteiger partial charge in [-0.15, -0.1) is 0 Å². The summed E-state index contributed by atoms with van der Waals surface area (Å²) in [4.78, 5) is 155. The Hall–Kier alpha value is -4.85. The van der Waals surface area contributed by atoms with Crippen molar-refractivity contribution in [1.82, 2.24) is 67.7 Å². The van der Waals surface area contributed by atoms with Gasteiger partial charge in [-0.3, -0.25) is 71.0 Å². The summed E-state index contributed by atoms with van der Waals surface area (Å²) in [5.74, 6) is -0.713. The maximum atomic E-state index is 14.8. The van der Waals surface area contributed by atoms with Gasteiger partial charge in [-0.05, 0) is 99.2 Å². The molecule has 5 saturated heterocycles. The van der Waals surface area contributed by atoms with E-state index in [1.807, 2.05) is 13.8 Å². The van der Waals surface area contributed by atoms with E-state index in [4.69, 9.17) is 133 Å². The number of aromatic nitrogens is 14. The topological polar surface area (TPSA) is 566 Å². The molecule has 7 aromatic heterocycles. The number of rotatable bonds is 31. The number of thiol groups is 2. The summed E-state index contributed by atoms with van der Waals surface area (Å²) < 4.78 is 113. The molecule has 0 aromatic carbocycles. The molecule has 43 nitrogen and oxygen atoms in total. The first-order valence-corrected chi connectivity index (χ1v) is 47.4. The Labute approximate surface area is 645 Å². The molecule has 0 radical (unpaired) electrons. The molecular formula is C55H76N17O26P5S6. The highest BCUT2D eigenvalue weighted by atomic mass is 32.9. The van der Waals surface area contributed by atoms with Crippen LogP contribution in [-0.4, -0.2) is 176 Å². The predicted octanol–water partition coefficient (Wildman–Crippen LogP) is 2.57. The van der Waals surface area contributed by atoms with Gasteiger partial charge >= 0.3 is 44.0 Å². The normalized spacial score (nSPS) is 28.8. The summed E-state index contributed by atoms with van der Waals surface area (Å²) in [6.07, 6.45) is -11.0. The third-order valence-electron chi connectivity index (χ3n) is 17.9. The molecule has 5 fully saturated rings. The Morgan fingerprint density at radius 2 is 0.917 bits per heavy atom. The first-order chi connectivity index (χ1) is 51.2.